The van der Waals surface area contributed by atoms with Crippen molar-refractivity contribution in [2.45, 2.75) is 26.1 Å². The minimum absolute atomic E-state index is 0.274. The Hall–Kier alpha value is -2.91. The molecule has 7 nitrogen and oxygen atoms in total. The van der Waals surface area contributed by atoms with Gasteiger partial charge in [-0.2, -0.15) is 13.2 Å². The summed E-state index contributed by atoms with van der Waals surface area (Å²) < 4.78 is 36.9. The average molecular weight is 369 g/mol. The van der Waals surface area contributed by atoms with Crippen LogP contribution in [0.25, 0.3) is 11.4 Å². The van der Waals surface area contributed by atoms with E-state index in [9.17, 15) is 22.8 Å². The lowest BCUT2D eigenvalue weighted by atomic mass is 10.0. The molecule has 1 atom stereocenters. The Kier molecular flexibility index (Phi) is 5.96. The van der Waals surface area contributed by atoms with Gasteiger partial charge in [0.25, 0.3) is 0 Å². The molecule has 0 aliphatic heterocycles. The molecule has 2 aromatic rings. The van der Waals surface area contributed by atoms with E-state index in [1.165, 1.54) is 30.6 Å². The van der Waals surface area contributed by atoms with Crippen LogP contribution in [0.2, 0.25) is 0 Å². The number of alkyl halides is 3. The number of H-pyrrole nitrogens is 1. The number of carbonyl (C=O) groups is 1. The van der Waals surface area contributed by atoms with Gasteiger partial charge in [0.05, 0.1) is 0 Å². The maximum absolute atomic E-state index is 12.3. The molecule has 0 aromatic carbocycles. The van der Waals surface area contributed by atoms with Crippen LogP contribution in [0.1, 0.15) is 13.8 Å². The van der Waals surface area contributed by atoms with Crippen LogP contribution >= 0.6 is 0 Å². The number of aromatic nitrogens is 3. The van der Waals surface area contributed by atoms with E-state index in [2.05, 4.69) is 20.3 Å². The highest BCUT2D eigenvalue weighted by molar-refractivity contribution is 5.84. The zero-order valence-electron chi connectivity index (χ0n) is 14.1. The van der Waals surface area contributed by atoms with Crippen molar-refractivity contribution < 1.29 is 18.0 Å². The van der Waals surface area contributed by atoms with Crippen LogP contribution in [0.5, 0.6) is 0 Å². The summed E-state index contributed by atoms with van der Waals surface area (Å²) >= 11 is 0. The summed E-state index contributed by atoms with van der Waals surface area (Å²) in [5.41, 5.74) is 0.278. The number of hydrogen-bond acceptors (Lipinski definition) is 5. The Morgan fingerprint density at radius 1 is 1.27 bits per heavy atom. The standard InChI is InChI=1S/C16H18F3N5O2/c1-9(2)13(15(26)22-8-16(17,18)19)23-11-5-6-20-14(24-11)10-3-4-12(25)21-7-10/h3-7,9,13H,8H2,1-2H3,(H,21,25)(H,22,26)(H,20,23,24)/t13-/m1/s1. The second kappa shape index (κ2) is 7.98. The van der Waals surface area contributed by atoms with Crippen molar-refractivity contribution in [1.29, 1.82) is 0 Å². The number of nitrogens with one attached hydrogen (secondary N) is 3. The van der Waals surface area contributed by atoms with Crippen molar-refractivity contribution in [1.82, 2.24) is 20.3 Å². The zero-order valence-corrected chi connectivity index (χ0v) is 14.1. The number of rotatable bonds is 6. The molecule has 3 N–H and O–H groups in total. The third-order valence-corrected chi connectivity index (χ3v) is 3.41. The van der Waals surface area contributed by atoms with Crippen molar-refractivity contribution in [3.05, 3.63) is 40.9 Å². The number of hydrogen-bond donors (Lipinski definition) is 3. The molecule has 0 fully saturated rings. The summed E-state index contributed by atoms with van der Waals surface area (Å²) in [4.78, 5) is 34.0. The Morgan fingerprint density at radius 3 is 2.58 bits per heavy atom. The van der Waals surface area contributed by atoms with E-state index in [0.717, 1.165) is 0 Å². The second-order valence-corrected chi connectivity index (χ2v) is 5.91. The maximum Gasteiger partial charge on any atom is 0.405 e. The number of nitrogens with zero attached hydrogens (tertiary/aromatic N) is 2. The van der Waals surface area contributed by atoms with E-state index in [0.29, 0.717) is 11.4 Å². The van der Waals surface area contributed by atoms with E-state index < -0.39 is 24.7 Å². The summed E-state index contributed by atoms with van der Waals surface area (Å²) in [5, 5.41) is 4.70. The first-order valence-electron chi connectivity index (χ1n) is 7.79. The first-order valence-corrected chi connectivity index (χ1v) is 7.79. The average Bonchev–Trinajstić information content (AvgIpc) is 2.57. The highest BCUT2D eigenvalue weighted by Gasteiger charge is 2.30. The van der Waals surface area contributed by atoms with Gasteiger partial charge < -0.3 is 15.6 Å². The fraction of sp³-hybridized carbons (Fsp3) is 0.375. The molecule has 0 bridgehead atoms. The van der Waals surface area contributed by atoms with Gasteiger partial charge in [0.15, 0.2) is 5.82 Å². The van der Waals surface area contributed by atoms with Crippen molar-refractivity contribution in [2.75, 3.05) is 11.9 Å². The fourth-order valence-electron chi connectivity index (χ4n) is 2.12. The third-order valence-electron chi connectivity index (χ3n) is 3.41. The van der Waals surface area contributed by atoms with E-state index in [1.807, 2.05) is 5.32 Å². The van der Waals surface area contributed by atoms with Crippen molar-refractivity contribution in [2.24, 2.45) is 5.92 Å². The van der Waals surface area contributed by atoms with E-state index in [1.54, 1.807) is 13.8 Å². The van der Waals surface area contributed by atoms with Crippen molar-refractivity contribution in [3.63, 3.8) is 0 Å². The molecule has 0 aliphatic rings. The third kappa shape index (κ3) is 5.57. The van der Waals surface area contributed by atoms with Crippen LogP contribution in [-0.2, 0) is 4.79 Å². The van der Waals surface area contributed by atoms with Crippen LogP contribution in [-0.4, -0.2) is 39.6 Å². The lowest BCUT2D eigenvalue weighted by Gasteiger charge is -2.22. The maximum atomic E-state index is 12.3. The number of aromatic amines is 1. The minimum Gasteiger partial charge on any atom is -0.358 e. The summed E-state index contributed by atoms with van der Waals surface area (Å²) in [6.45, 7) is 2.01. The van der Waals surface area contributed by atoms with Gasteiger partial charge in [-0.25, -0.2) is 9.97 Å². The Labute approximate surface area is 147 Å². The van der Waals surface area contributed by atoms with Gasteiger partial charge in [0.1, 0.15) is 18.4 Å². The number of halogens is 3. The monoisotopic (exact) mass is 369 g/mol. The predicted octanol–water partition coefficient (Wildman–Crippen LogP) is 1.95. The van der Waals surface area contributed by atoms with Gasteiger partial charge in [-0.15, -0.1) is 0 Å². The molecule has 0 spiro atoms. The molecule has 1 amide bonds. The minimum atomic E-state index is -4.48. The number of anilines is 1. The number of amides is 1. The molecule has 2 aromatic heterocycles. The SMILES string of the molecule is CC(C)[C@@H](Nc1ccnc(-c2ccc(=O)[nH]c2)n1)C(=O)NCC(F)(F)F. The molecular weight excluding hydrogens is 351 g/mol. The molecule has 0 aliphatic carbocycles. The van der Waals surface area contributed by atoms with Gasteiger partial charge in [-0.3, -0.25) is 9.59 Å². The Morgan fingerprint density at radius 2 is 2.00 bits per heavy atom. The molecule has 2 rings (SSSR count). The lowest BCUT2D eigenvalue weighted by Crippen LogP contribution is -2.46. The van der Waals surface area contributed by atoms with E-state index in [4.69, 9.17) is 0 Å². The topological polar surface area (TPSA) is 99.8 Å². The molecule has 0 unspecified atom stereocenters. The number of pyridine rings is 1. The van der Waals surface area contributed by atoms with Gasteiger partial charge in [-0.1, -0.05) is 13.8 Å². The molecule has 0 saturated carbocycles. The van der Waals surface area contributed by atoms with Crippen LogP contribution in [0, 0.1) is 5.92 Å². The quantitative estimate of drug-likeness (QED) is 0.723. The first kappa shape index (κ1) is 19.4. The molecule has 26 heavy (non-hydrogen) atoms. The predicted molar refractivity (Wildman–Crippen MR) is 89.4 cm³/mol. The zero-order chi connectivity index (χ0) is 19.3. The molecular formula is C16H18F3N5O2. The highest BCUT2D eigenvalue weighted by atomic mass is 19.4. The molecule has 140 valence electrons. The van der Waals surface area contributed by atoms with Gasteiger partial charge in [-0.05, 0) is 18.1 Å². The largest absolute Gasteiger partial charge is 0.405 e. The van der Waals surface area contributed by atoms with Crippen molar-refractivity contribution in [3.8, 4) is 11.4 Å². The van der Waals surface area contributed by atoms with Crippen LogP contribution in [0.4, 0.5) is 19.0 Å². The van der Waals surface area contributed by atoms with Gasteiger partial charge >= 0.3 is 6.18 Å². The Balaban J connectivity index is 2.16. The summed E-state index contributed by atoms with van der Waals surface area (Å²) in [6, 6.07) is 3.45. The summed E-state index contributed by atoms with van der Waals surface area (Å²) in [7, 11) is 0. The van der Waals surface area contributed by atoms with Gasteiger partial charge in [0.2, 0.25) is 11.5 Å². The first-order chi connectivity index (χ1) is 12.2. The summed E-state index contributed by atoms with van der Waals surface area (Å²) in [5.74, 6) is -0.484. The normalized spacial score (nSPS) is 12.7. The highest BCUT2D eigenvalue weighted by Crippen LogP contribution is 2.17. The fourth-order valence-corrected chi connectivity index (χ4v) is 2.12. The van der Waals surface area contributed by atoms with E-state index >= 15 is 0 Å². The lowest BCUT2D eigenvalue weighted by molar-refractivity contribution is -0.139. The molecule has 0 saturated heterocycles. The van der Waals surface area contributed by atoms with Gasteiger partial charge in [0, 0.05) is 24.0 Å². The number of carbonyl (C=O) groups excluding carboxylic acids is 1. The van der Waals surface area contributed by atoms with E-state index in [-0.39, 0.29) is 17.3 Å². The smallest absolute Gasteiger partial charge is 0.358 e. The summed E-state index contributed by atoms with van der Waals surface area (Å²) in [6.07, 6.45) is -1.60. The van der Waals surface area contributed by atoms with Crippen LogP contribution in [0.3, 0.4) is 0 Å². The molecule has 2 heterocycles. The van der Waals surface area contributed by atoms with Crippen LogP contribution in [0.15, 0.2) is 35.4 Å². The van der Waals surface area contributed by atoms with Crippen molar-refractivity contribution >= 4 is 11.7 Å². The molecule has 0 radical (unpaired) electrons. The Bertz CT molecular complexity index is 800. The second-order valence-electron chi connectivity index (χ2n) is 5.91. The van der Waals surface area contributed by atoms with Crippen LogP contribution < -0.4 is 16.2 Å². The molecule has 10 heteroatoms.